The van der Waals surface area contributed by atoms with Crippen LogP contribution in [0, 0.1) is 6.92 Å². The van der Waals surface area contributed by atoms with E-state index < -0.39 is 0 Å². The van der Waals surface area contributed by atoms with E-state index in [1.807, 2.05) is 49.4 Å². The van der Waals surface area contributed by atoms with Crippen LogP contribution in [0.5, 0.6) is 0 Å². The normalized spacial score (nSPS) is 10.9. The van der Waals surface area contributed by atoms with Crippen molar-refractivity contribution < 1.29 is 4.79 Å². The van der Waals surface area contributed by atoms with Crippen LogP contribution < -0.4 is 5.43 Å². The molecule has 24 heavy (non-hydrogen) atoms. The molecule has 0 bridgehead atoms. The molecular formula is C18H14ClN3OS. The summed E-state index contributed by atoms with van der Waals surface area (Å²) in [4.78, 5) is 17.5. The van der Waals surface area contributed by atoms with Crippen LogP contribution in [0.15, 0.2) is 59.7 Å². The minimum atomic E-state index is -0.329. The molecule has 3 rings (SSSR count). The molecule has 0 aliphatic heterocycles. The maximum atomic E-state index is 12.3. The summed E-state index contributed by atoms with van der Waals surface area (Å²) in [5.74, 6) is -0.329. The lowest BCUT2D eigenvalue weighted by molar-refractivity contribution is 0.0950. The Morgan fingerprint density at radius 2 is 2.00 bits per heavy atom. The topological polar surface area (TPSA) is 54.4 Å². The predicted octanol–water partition coefficient (Wildman–Crippen LogP) is 4.54. The number of thiazole rings is 1. The van der Waals surface area contributed by atoms with E-state index in [2.05, 4.69) is 15.5 Å². The molecule has 3 aromatic rings. The smallest absolute Gasteiger partial charge is 0.266 e. The molecule has 0 saturated heterocycles. The highest BCUT2D eigenvalue weighted by molar-refractivity contribution is 7.15. The van der Waals surface area contributed by atoms with Crippen molar-refractivity contribution in [3.8, 4) is 10.6 Å². The van der Waals surface area contributed by atoms with Crippen LogP contribution in [-0.2, 0) is 0 Å². The largest absolute Gasteiger partial charge is 0.291 e. The van der Waals surface area contributed by atoms with Gasteiger partial charge < -0.3 is 0 Å². The third-order valence-electron chi connectivity index (χ3n) is 3.26. The molecule has 120 valence electrons. The van der Waals surface area contributed by atoms with Crippen molar-refractivity contribution in [2.24, 2.45) is 5.10 Å². The molecule has 2 aromatic carbocycles. The number of nitrogens with one attached hydrogen (secondary N) is 1. The van der Waals surface area contributed by atoms with Gasteiger partial charge in [0.05, 0.1) is 6.21 Å². The zero-order valence-corrected chi connectivity index (χ0v) is 14.4. The predicted molar refractivity (Wildman–Crippen MR) is 98.8 cm³/mol. The molecule has 6 heteroatoms. The molecule has 0 atom stereocenters. The highest BCUT2D eigenvalue weighted by Crippen LogP contribution is 2.27. The van der Waals surface area contributed by atoms with Gasteiger partial charge in [0.2, 0.25) is 0 Å². The van der Waals surface area contributed by atoms with Crippen LogP contribution in [0.4, 0.5) is 0 Å². The zero-order valence-electron chi connectivity index (χ0n) is 12.9. The number of hydrogen-bond donors (Lipinski definition) is 1. The molecule has 0 aliphatic carbocycles. The summed E-state index contributed by atoms with van der Waals surface area (Å²) in [7, 11) is 0. The number of amides is 1. The van der Waals surface area contributed by atoms with Gasteiger partial charge in [-0.05, 0) is 24.6 Å². The second-order valence-electron chi connectivity index (χ2n) is 5.04. The van der Waals surface area contributed by atoms with Gasteiger partial charge >= 0.3 is 0 Å². The fourth-order valence-corrected chi connectivity index (χ4v) is 3.23. The van der Waals surface area contributed by atoms with E-state index in [0.29, 0.717) is 10.7 Å². The van der Waals surface area contributed by atoms with E-state index in [9.17, 15) is 4.79 Å². The van der Waals surface area contributed by atoms with Crippen LogP contribution >= 0.6 is 22.9 Å². The summed E-state index contributed by atoms with van der Waals surface area (Å²) in [6.07, 6.45) is 1.55. The number of nitrogens with zero attached hydrogens (tertiary/aromatic N) is 2. The van der Waals surface area contributed by atoms with Crippen LogP contribution in [0.1, 0.15) is 20.9 Å². The van der Waals surface area contributed by atoms with Crippen LogP contribution in [0.25, 0.3) is 10.6 Å². The fourth-order valence-electron chi connectivity index (χ4n) is 2.12. The SMILES string of the molecule is Cc1sc(-c2ccccc2)nc1C(=O)N/N=C\c1cccc(Cl)c1. The molecule has 1 N–H and O–H groups in total. The summed E-state index contributed by atoms with van der Waals surface area (Å²) in [6, 6.07) is 17.0. The van der Waals surface area contributed by atoms with Gasteiger partial charge in [-0.25, -0.2) is 10.4 Å². The van der Waals surface area contributed by atoms with Gasteiger partial charge in [-0.3, -0.25) is 4.79 Å². The summed E-state index contributed by atoms with van der Waals surface area (Å²) in [5, 5.41) is 5.40. The highest BCUT2D eigenvalue weighted by atomic mass is 35.5. The van der Waals surface area contributed by atoms with E-state index in [4.69, 9.17) is 11.6 Å². The number of halogens is 1. The van der Waals surface area contributed by atoms with Crippen molar-refractivity contribution in [1.82, 2.24) is 10.4 Å². The Bertz CT molecular complexity index is 890. The second-order valence-corrected chi connectivity index (χ2v) is 6.68. The van der Waals surface area contributed by atoms with E-state index in [-0.39, 0.29) is 5.91 Å². The van der Waals surface area contributed by atoms with Crippen molar-refractivity contribution in [3.05, 3.63) is 75.8 Å². The van der Waals surface area contributed by atoms with E-state index in [1.165, 1.54) is 11.3 Å². The summed E-state index contributed by atoms with van der Waals surface area (Å²) < 4.78 is 0. The first kappa shape index (κ1) is 16.4. The van der Waals surface area contributed by atoms with Gasteiger partial charge in [-0.15, -0.1) is 11.3 Å². The number of hydrazone groups is 1. The van der Waals surface area contributed by atoms with Gasteiger partial charge in [-0.2, -0.15) is 5.10 Å². The minimum Gasteiger partial charge on any atom is -0.266 e. The second kappa shape index (κ2) is 7.38. The first-order valence-corrected chi connectivity index (χ1v) is 8.45. The first-order chi connectivity index (χ1) is 11.6. The zero-order chi connectivity index (χ0) is 16.9. The number of hydrogen-bond acceptors (Lipinski definition) is 4. The molecule has 0 spiro atoms. The first-order valence-electron chi connectivity index (χ1n) is 7.25. The quantitative estimate of drug-likeness (QED) is 0.552. The molecule has 0 saturated carbocycles. The number of carbonyl (C=O) groups is 1. The molecule has 1 aromatic heterocycles. The molecule has 0 fully saturated rings. The highest BCUT2D eigenvalue weighted by Gasteiger charge is 2.15. The molecular weight excluding hydrogens is 342 g/mol. The van der Waals surface area contributed by atoms with E-state index in [0.717, 1.165) is 21.0 Å². The molecule has 1 amide bonds. The van der Waals surface area contributed by atoms with Gasteiger partial charge in [0.25, 0.3) is 5.91 Å². The third-order valence-corrected chi connectivity index (χ3v) is 4.52. The number of benzene rings is 2. The van der Waals surface area contributed by atoms with Gasteiger partial charge in [-0.1, -0.05) is 54.1 Å². The number of rotatable bonds is 4. The van der Waals surface area contributed by atoms with Crippen molar-refractivity contribution in [3.63, 3.8) is 0 Å². The van der Waals surface area contributed by atoms with E-state index >= 15 is 0 Å². The Labute approximate surface area is 148 Å². The fraction of sp³-hybridized carbons (Fsp3) is 0.0556. The number of aryl methyl sites for hydroxylation is 1. The van der Waals surface area contributed by atoms with Gasteiger partial charge in [0.1, 0.15) is 10.7 Å². The van der Waals surface area contributed by atoms with Crippen molar-refractivity contribution in [2.75, 3.05) is 0 Å². The summed E-state index contributed by atoms with van der Waals surface area (Å²) in [6.45, 7) is 1.87. The molecule has 0 radical (unpaired) electrons. The van der Waals surface area contributed by atoms with Gasteiger partial charge in [0.15, 0.2) is 0 Å². The maximum absolute atomic E-state index is 12.3. The average Bonchev–Trinajstić information content (AvgIpc) is 2.98. The minimum absolute atomic E-state index is 0.329. The van der Waals surface area contributed by atoms with Crippen molar-refractivity contribution in [2.45, 2.75) is 6.92 Å². The third kappa shape index (κ3) is 3.88. The lowest BCUT2D eigenvalue weighted by atomic mass is 10.2. The summed E-state index contributed by atoms with van der Waals surface area (Å²) in [5.41, 5.74) is 4.70. The average molecular weight is 356 g/mol. The monoisotopic (exact) mass is 355 g/mol. The van der Waals surface area contributed by atoms with Gasteiger partial charge in [0, 0.05) is 15.5 Å². The van der Waals surface area contributed by atoms with Crippen LogP contribution in [-0.4, -0.2) is 17.1 Å². The number of aromatic nitrogens is 1. The van der Waals surface area contributed by atoms with Crippen LogP contribution in [0.3, 0.4) is 0 Å². The van der Waals surface area contributed by atoms with Crippen molar-refractivity contribution in [1.29, 1.82) is 0 Å². The molecule has 4 nitrogen and oxygen atoms in total. The Balaban J connectivity index is 1.73. The number of carbonyl (C=O) groups excluding carboxylic acids is 1. The summed E-state index contributed by atoms with van der Waals surface area (Å²) >= 11 is 7.39. The van der Waals surface area contributed by atoms with Crippen molar-refractivity contribution >= 4 is 35.1 Å². The Kier molecular flexibility index (Phi) is 5.03. The van der Waals surface area contributed by atoms with Crippen LogP contribution in [0.2, 0.25) is 5.02 Å². The Hall–Kier alpha value is -2.50. The Morgan fingerprint density at radius 3 is 2.75 bits per heavy atom. The Morgan fingerprint density at radius 1 is 1.21 bits per heavy atom. The lowest BCUT2D eigenvalue weighted by Gasteiger charge is -1.98. The van der Waals surface area contributed by atoms with E-state index in [1.54, 1.807) is 18.3 Å². The lowest BCUT2D eigenvalue weighted by Crippen LogP contribution is -2.18. The maximum Gasteiger partial charge on any atom is 0.291 e. The molecule has 0 unspecified atom stereocenters. The molecule has 1 heterocycles. The molecule has 0 aliphatic rings. The standard InChI is InChI=1S/C18H14ClN3OS/c1-12-16(21-18(24-12)14-7-3-2-4-8-14)17(23)22-20-11-13-6-5-9-15(19)10-13/h2-11H,1H3,(H,22,23)/b20-11-.